The van der Waals surface area contributed by atoms with Crippen LogP contribution in [-0.4, -0.2) is 74.9 Å². The molecule has 1 unspecified atom stereocenters. The van der Waals surface area contributed by atoms with Crippen molar-refractivity contribution in [3.63, 3.8) is 0 Å². The van der Waals surface area contributed by atoms with E-state index < -0.39 is 23.4 Å². The average Bonchev–Trinajstić information content (AvgIpc) is 3.89. The molecule has 0 fully saturated rings. The maximum absolute atomic E-state index is 13.5. The lowest BCUT2D eigenvalue weighted by molar-refractivity contribution is -0.172. The number of carbonyl (C=O) groups is 4. The first-order valence-electron chi connectivity index (χ1n) is 18.5. The molecule has 2 aliphatic rings. The summed E-state index contributed by atoms with van der Waals surface area (Å²) in [6.07, 6.45) is 4.30. The average molecular weight is 782 g/mol. The maximum atomic E-state index is 13.5. The number of anilines is 2. The highest BCUT2D eigenvalue weighted by Gasteiger charge is 2.45. The number of cyclic esters (lactones) is 1. The van der Waals surface area contributed by atoms with Gasteiger partial charge in [-0.05, 0) is 55.3 Å². The molecule has 3 amide bonds. The molecule has 1 aromatic carbocycles. The van der Waals surface area contributed by atoms with Crippen LogP contribution in [0.5, 0.6) is 5.75 Å². The number of rotatable bonds is 15. The van der Waals surface area contributed by atoms with Crippen molar-refractivity contribution in [2.45, 2.75) is 65.3 Å². The highest BCUT2D eigenvalue weighted by molar-refractivity contribution is 6.05. The number of carbonyl (C=O) groups excluding carboxylic acids is 4. The molecule has 4 N–H and O–H groups in total. The van der Waals surface area contributed by atoms with E-state index in [0.717, 1.165) is 10.9 Å². The van der Waals surface area contributed by atoms with E-state index in [1.807, 2.05) is 19.1 Å². The number of nitrogens with one attached hydrogen (secondary N) is 3. The van der Waals surface area contributed by atoms with Crippen molar-refractivity contribution in [2.75, 3.05) is 38.0 Å². The van der Waals surface area contributed by atoms with Crippen LogP contribution in [0.1, 0.15) is 70.8 Å². The highest BCUT2D eigenvalue weighted by atomic mass is 16.6. The zero-order valence-electron chi connectivity index (χ0n) is 32.0. The number of aliphatic hydroxyl groups is 1. The molecule has 0 bridgehead atoms. The number of nitrogens with zero attached hydrogens (tertiary/aromatic N) is 4. The van der Waals surface area contributed by atoms with Crippen LogP contribution in [0.2, 0.25) is 0 Å². The number of hydrogen-bond donors (Lipinski definition) is 4. The van der Waals surface area contributed by atoms with Gasteiger partial charge >= 0.3 is 5.97 Å². The number of aromatic nitrogens is 4. The Labute approximate surface area is 326 Å². The first-order chi connectivity index (χ1) is 27.5. The minimum atomic E-state index is -1.90. The summed E-state index contributed by atoms with van der Waals surface area (Å²) in [4.78, 5) is 69.5. The van der Waals surface area contributed by atoms with Crippen LogP contribution >= 0.6 is 0 Å². The molecule has 5 aromatic rings. The fourth-order valence-electron chi connectivity index (χ4n) is 7.15. The molecule has 0 radical (unpaired) electrons. The molecule has 6 heterocycles. The van der Waals surface area contributed by atoms with Gasteiger partial charge < -0.3 is 53.7 Å². The standard InChI is InChI=1S/C40H43N7O10/c1-5-7-34(48)42-25-14-33(46(18-25)22-55-4)37(50)43-26-15-32(45(19-26)21-54-3)36(49)41-10-11-56-27-8-9-30-23(13-27)12-24-17-47-31(35(24)44-30)16-29-28(38(47)51)20-57-39(52)40(29,53)6-2/h8-9,12-16,18-19,53H,5-7,10-11,17,20-22H2,1-4H3,(H,41,49)(H,42,48)(H,43,50). The molecule has 1 atom stereocenters. The van der Waals surface area contributed by atoms with Crippen LogP contribution in [-0.2, 0) is 56.0 Å². The molecule has 2 aliphatic heterocycles. The number of pyridine rings is 2. The summed E-state index contributed by atoms with van der Waals surface area (Å²) in [6, 6.07) is 12.1. The topological polar surface area (TPSA) is 206 Å². The van der Waals surface area contributed by atoms with Crippen LogP contribution in [0.15, 0.2) is 59.7 Å². The first-order valence-corrected chi connectivity index (χ1v) is 18.5. The Morgan fingerprint density at radius 2 is 1.63 bits per heavy atom. The molecule has 17 nitrogen and oxygen atoms in total. The van der Waals surface area contributed by atoms with Gasteiger partial charge in [-0.25, -0.2) is 9.78 Å². The second-order valence-electron chi connectivity index (χ2n) is 13.8. The van der Waals surface area contributed by atoms with Gasteiger partial charge in [0.1, 0.15) is 43.8 Å². The smallest absolute Gasteiger partial charge is 0.343 e. The highest BCUT2D eigenvalue weighted by Crippen LogP contribution is 2.39. The Hall–Kier alpha value is -6.30. The maximum Gasteiger partial charge on any atom is 0.343 e. The molecular formula is C40H43N7O10. The van der Waals surface area contributed by atoms with E-state index in [-0.39, 0.29) is 80.2 Å². The molecule has 298 valence electrons. The molecule has 0 saturated carbocycles. The Bertz CT molecular complexity index is 2470. The molecular weight excluding hydrogens is 738 g/mol. The second-order valence-corrected chi connectivity index (χ2v) is 13.8. The number of ether oxygens (including phenoxy) is 4. The Morgan fingerprint density at radius 3 is 2.32 bits per heavy atom. The van der Waals surface area contributed by atoms with Crippen LogP contribution in [0.4, 0.5) is 11.4 Å². The van der Waals surface area contributed by atoms with Crippen LogP contribution in [0.25, 0.3) is 22.3 Å². The lowest BCUT2D eigenvalue weighted by atomic mass is 9.86. The van der Waals surface area contributed by atoms with Gasteiger partial charge in [-0.15, -0.1) is 0 Å². The van der Waals surface area contributed by atoms with Gasteiger partial charge in [0.2, 0.25) is 5.91 Å². The summed E-state index contributed by atoms with van der Waals surface area (Å²) < 4.78 is 26.3. The van der Waals surface area contributed by atoms with Crippen LogP contribution in [0.3, 0.4) is 0 Å². The zero-order valence-corrected chi connectivity index (χ0v) is 32.0. The fourth-order valence-corrected chi connectivity index (χ4v) is 7.15. The lowest BCUT2D eigenvalue weighted by Gasteiger charge is -2.31. The Balaban J connectivity index is 0.995. The third-order valence-corrected chi connectivity index (χ3v) is 9.95. The fraction of sp³-hybridized carbons (Fsp3) is 0.350. The van der Waals surface area contributed by atoms with Gasteiger partial charge in [0.05, 0.1) is 46.9 Å². The summed E-state index contributed by atoms with van der Waals surface area (Å²) in [6.45, 7) is 4.07. The van der Waals surface area contributed by atoms with E-state index in [9.17, 15) is 29.1 Å². The van der Waals surface area contributed by atoms with Crippen molar-refractivity contribution in [3.8, 4) is 17.1 Å². The molecule has 0 spiro atoms. The number of fused-ring (bicyclic) bond motifs is 5. The van der Waals surface area contributed by atoms with E-state index in [2.05, 4.69) is 16.0 Å². The van der Waals surface area contributed by atoms with Gasteiger partial charge in [-0.1, -0.05) is 13.8 Å². The summed E-state index contributed by atoms with van der Waals surface area (Å²) in [7, 11) is 2.99. The second kappa shape index (κ2) is 16.0. The molecule has 4 aromatic heterocycles. The largest absolute Gasteiger partial charge is 0.492 e. The van der Waals surface area contributed by atoms with Crippen molar-refractivity contribution < 1.29 is 43.2 Å². The quantitative estimate of drug-likeness (QED) is 0.0874. The SMILES string of the molecule is CCCC(=O)Nc1cc(C(=O)Nc2cc(C(=O)NCCOc3ccc4nc5c(cc4c3)Cn3c-5cc4c(c3=O)COC(=O)C4(O)CC)n(COC)c2)n(COC)c1. The third-order valence-electron chi connectivity index (χ3n) is 9.95. The lowest BCUT2D eigenvalue weighted by Crippen LogP contribution is -2.44. The van der Waals surface area contributed by atoms with Gasteiger partial charge in [0.15, 0.2) is 5.60 Å². The Morgan fingerprint density at radius 1 is 0.930 bits per heavy atom. The predicted octanol–water partition coefficient (Wildman–Crippen LogP) is 3.69. The summed E-state index contributed by atoms with van der Waals surface area (Å²) in [5, 5.41) is 20.3. The normalized spacial score (nSPS) is 15.4. The van der Waals surface area contributed by atoms with E-state index in [1.165, 1.54) is 20.3 Å². The van der Waals surface area contributed by atoms with Crippen LogP contribution in [0, 0.1) is 0 Å². The van der Waals surface area contributed by atoms with Crippen molar-refractivity contribution in [1.82, 2.24) is 24.0 Å². The molecule has 57 heavy (non-hydrogen) atoms. The summed E-state index contributed by atoms with van der Waals surface area (Å²) >= 11 is 0. The number of amides is 3. The first kappa shape index (κ1) is 39.0. The zero-order chi connectivity index (χ0) is 40.4. The van der Waals surface area contributed by atoms with Crippen LogP contribution < -0.4 is 26.2 Å². The van der Waals surface area contributed by atoms with E-state index in [1.54, 1.807) is 57.3 Å². The van der Waals surface area contributed by atoms with Crippen molar-refractivity contribution in [1.29, 1.82) is 0 Å². The van der Waals surface area contributed by atoms with E-state index in [4.69, 9.17) is 23.9 Å². The molecule has 17 heteroatoms. The monoisotopic (exact) mass is 781 g/mol. The number of hydrogen-bond acceptors (Lipinski definition) is 11. The minimum absolute atomic E-state index is 0.0503. The van der Waals surface area contributed by atoms with Gasteiger partial charge in [0.25, 0.3) is 17.4 Å². The van der Waals surface area contributed by atoms with Gasteiger partial charge in [0, 0.05) is 49.5 Å². The number of esters is 1. The van der Waals surface area contributed by atoms with Gasteiger partial charge in [-0.3, -0.25) is 19.2 Å². The predicted molar refractivity (Wildman–Crippen MR) is 207 cm³/mol. The number of benzene rings is 1. The number of methoxy groups -OCH3 is 2. The van der Waals surface area contributed by atoms with Crippen molar-refractivity contribution >= 4 is 46.0 Å². The van der Waals surface area contributed by atoms with Crippen molar-refractivity contribution in [2.24, 2.45) is 0 Å². The van der Waals surface area contributed by atoms with Crippen molar-refractivity contribution in [3.05, 3.63) is 93.3 Å². The molecule has 7 rings (SSSR count). The Kier molecular flexibility index (Phi) is 11.0. The summed E-state index contributed by atoms with van der Waals surface area (Å²) in [5.41, 5.74) is 2.19. The molecule has 0 aliphatic carbocycles. The van der Waals surface area contributed by atoms with Gasteiger partial charge in [-0.2, -0.15) is 0 Å². The van der Waals surface area contributed by atoms with E-state index in [0.29, 0.717) is 46.9 Å². The van der Waals surface area contributed by atoms with E-state index >= 15 is 0 Å². The summed E-state index contributed by atoms with van der Waals surface area (Å²) in [5.74, 6) is -1.27. The minimum Gasteiger partial charge on any atom is -0.492 e. The third kappa shape index (κ3) is 7.51. The molecule has 0 saturated heterocycles.